The van der Waals surface area contributed by atoms with Crippen LogP contribution in [0.4, 0.5) is 17.7 Å². The van der Waals surface area contributed by atoms with Crippen molar-refractivity contribution in [1.29, 1.82) is 0 Å². The molecule has 0 atom stereocenters. The zero-order valence-electron chi connectivity index (χ0n) is 6.86. The van der Waals surface area contributed by atoms with Crippen molar-refractivity contribution in [3.63, 3.8) is 0 Å². The number of hydrogen-bond acceptors (Lipinski definition) is 2. The van der Waals surface area contributed by atoms with Gasteiger partial charge in [0.05, 0.1) is 4.48 Å². The van der Waals surface area contributed by atoms with Gasteiger partial charge in [-0.3, -0.25) is 4.55 Å². The van der Waals surface area contributed by atoms with E-state index in [2.05, 4.69) is 0 Å². The number of alkyl halides is 3. The van der Waals surface area contributed by atoms with Crippen LogP contribution < -0.4 is 4.79 Å². The molecule has 0 aliphatic carbocycles. The highest BCUT2D eigenvalue weighted by atomic mass is 32.2. The largest absolute Gasteiger partial charge is 0.422 e. The molecule has 1 aromatic rings. The normalized spacial score (nSPS) is 12.9. The predicted molar refractivity (Wildman–Crippen MR) is 38.0 cm³/mol. The first-order valence-electron chi connectivity index (χ1n) is 3.38. The number of aromatic nitrogens is 1. The molecular formula is C6H4F4NO3S+. The molecule has 9 heteroatoms. The van der Waals surface area contributed by atoms with Crippen LogP contribution in [0.25, 0.3) is 0 Å². The molecule has 1 aromatic heterocycles. The summed E-state index contributed by atoms with van der Waals surface area (Å²) in [6, 6.07) is 0.130. The summed E-state index contributed by atoms with van der Waals surface area (Å²) in [4.78, 5) is -1.76. The van der Waals surface area contributed by atoms with Crippen LogP contribution in [0.3, 0.4) is 0 Å². The van der Waals surface area contributed by atoms with Gasteiger partial charge < -0.3 is 0 Å². The molecule has 0 saturated carbocycles. The van der Waals surface area contributed by atoms with E-state index in [1.807, 2.05) is 0 Å². The summed E-state index contributed by atoms with van der Waals surface area (Å²) >= 11 is 0. The fraction of sp³-hybridized carbons (Fsp3) is 0.167. The Morgan fingerprint density at radius 3 is 2.20 bits per heavy atom. The van der Waals surface area contributed by atoms with E-state index >= 15 is 0 Å². The molecular weight excluding hydrogens is 242 g/mol. The van der Waals surface area contributed by atoms with Gasteiger partial charge in [0, 0.05) is 4.79 Å². The van der Waals surface area contributed by atoms with Crippen molar-refractivity contribution in [2.75, 3.05) is 0 Å². The van der Waals surface area contributed by atoms with Gasteiger partial charge in [0.1, 0.15) is 5.56 Å². The van der Waals surface area contributed by atoms with E-state index < -0.39 is 31.5 Å². The predicted octanol–water partition coefficient (Wildman–Crippen LogP) is 0.972. The smallest absolute Gasteiger partial charge is 0.282 e. The van der Waals surface area contributed by atoms with Crippen molar-refractivity contribution < 1.29 is 35.4 Å². The van der Waals surface area contributed by atoms with Gasteiger partial charge in [0.2, 0.25) is 12.4 Å². The van der Waals surface area contributed by atoms with Crippen molar-refractivity contribution in [2.24, 2.45) is 0 Å². The van der Waals surface area contributed by atoms with Crippen molar-refractivity contribution in [3.05, 3.63) is 24.0 Å². The Bertz CT molecular complexity index is 482. The molecule has 0 aliphatic heterocycles. The van der Waals surface area contributed by atoms with Gasteiger partial charge in [-0.05, 0) is 6.07 Å². The molecule has 84 valence electrons. The van der Waals surface area contributed by atoms with E-state index in [0.29, 0.717) is 0 Å². The van der Waals surface area contributed by atoms with Crippen LogP contribution in [-0.4, -0.2) is 13.0 Å². The third-order valence-corrected chi connectivity index (χ3v) is 2.25. The zero-order chi connectivity index (χ0) is 11.9. The molecule has 1 heterocycles. The number of hydrogen-bond donors (Lipinski definition) is 1. The summed E-state index contributed by atoms with van der Waals surface area (Å²) in [6.45, 7) is 0. The van der Waals surface area contributed by atoms with Crippen molar-refractivity contribution in [2.45, 2.75) is 11.1 Å². The zero-order valence-corrected chi connectivity index (χ0v) is 7.68. The summed E-state index contributed by atoms with van der Waals surface area (Å²) in [7, 11) is -4.87. The fourth-order valence-electron chi connectivity index (χ4n) is 0.816. The van der Waals surface area contributed by atoms with E-state index in [0.717, 1.165) is 0 Å². The van der Waals surface area contributed by atoms with E-state index in [1.54, 1.807) is 0 Å². The molecule has 0 unspecified atom stereocenters. The second kappa shape index (κ2) is 3.42. The Labute approximate surface area is 81.5 Å². The molecule has 0 spiro atoms. The number of halogens is 4. The summed E-state index contributed by atoms with van der Waals surface area (Å²) in [5.74, 6) is 0. The molecule has 0 bridgehead atoms. The van der Waals surface area contributed by atoms with Crippen molar-refractivity contribution in [1.82, 2.24) is 0 Å². The van der Waals surface area contributed by atoms with Crippen LogP contribution in [0.15, 0.2) is 23.4 Å². The van der Waals surface area contributed by atoms with Crippen LogP contribution >= 0.6 is 0 Å². The Balaban J connectivity index is 3.43. The van der Waals surface area contributed by atoms with Crippen molar-refractivity contribution in [3.8, 4) is 0 Å². The lowest BCUT2D eigenvalue weighted by molar-refractivity contribution is -0.845. The maximum atomic E-state index is 12.5. The highest BCUT2D eigenvalue weighted by Gasteiger charge is 2.35. The molecule has 1 N–H and O–H groups in total. The van der Waals surface area contributed by atoms with Crippen LogP contribution in [0, 0.1) is 0 Å². The first kappa shape index (κ1) is 11.9. The van der Waals surface area contributed by atoms with Crippen molar-refractivity contribution >= 4 is 10.1 Å². The van der Waals surface area contributed by atoms with Gasteiger partial charge in [0.15, 0.2) is 4.90 Å². The minimum Gasteiger partial charge on any atom is -0.282 e. The summed E-state index contributed by atoms with van der Waals surface area (Å²) in [5.41, 5.74) is -1.51. The molecule has 0 aromatic carbocycles. The first-order valence-corrected chi connectivity index (χ1v) is 4.82. The van der Waals surface area contributed by atoms with Gasteiger partial charge in [-0.1, -0.05) is 0 Å². The summed E-state index contributed by atoms with van der Waals surface area (Å²) < 4.78 is 78.1. The SMILES string of the molecule is O=S(=O)(O)c1cc(C(F)(F)F)c[n+](F)c1. The summed E-state index contributed by atoms with van der Waals surface area (Å²) in [6.07, 6.45) is -4.63. The van der Waals surface area contributed by atoms with Crippen LogP contribution in [0.2, 0.25) is 0 Å². The maximum absolute atomic E-state index is 12.5. The highest BCUT2D eigenvalue weighted by Crippen LogP contribution is 2.29. The number of pyridine rings is 1. The molecule has 0 fully saturated rings. The Hall–Kier alpha value is -1.22. The molecule has 15 heavy (non-hydrogen) atoms. The monoisotopic (exact) mass is 246 g/mol. The second-order valence-corrected chi connectivity index (χ2v) is 4.00. The molecule has 0 amide bonds. The maximum Gasteiger partial charge on any atom is 0.422 e. The van der Waals surface area contributed by atoms with Gasteiger partial charge in [0.25, 0.3) is 0 Å². The standard InChI is InChI=1S/C6H3F4NO3S/c7-6(8,9)4-1-5(15(12,13)14)3-11(10)2-4/h1-3H/p+1. The highest BCUT2D eigenvalue weighted by molar-refractivity contribution is 7.85. The van der Waals surface area contributed by atoms with Crippen LogP contribution in [0.5, 0.6) is 0 Å². The fourth-order valence-corrected chi connectivity index (χ4v) is 1.33. The quantitative estimate of drug-likeness (QED) is 0.593. The Kier molecular flexibility index (Phi) is 2.70. The number of rotatable bonds is 1. The van der Waals surface area contributed by atoms with Gasteiger partial charge >= 0.3 is 16.3 Å². The molecule has 0 saturated heterocycles. The first-order chi connectivity index (χ1) is 6.60. The average Bonchev–Trinajstić information content (AvgIpc) is 1.99. The van der Waals surface area contributed by atoms with Crippen LogP contribution in [0.1, 0.15) is 5.56 Å². The lowest BCUT2D eigenvalue weighted by Gasteiger charge is -2.03. The third kappa shape index (κ3) is 2.86. The summed E-state index contributed by atoms with van der Waals surface area (Å²) in [5, 5.41) is 0. The van der Waals surface area contributed by atoms with Gasteiger partial charge in [-0.15, -0.1) is 0 Å². The number of nitrogens with zero attached hydrogens (tertiary/aromatic N) is 1. The molecule has 0 aliphatic rings. The van der Waals surface area contributed by atoms with E-state index in [-0.39, 0.29) is 18.5 Å². The average molecular weight is 246 g/mol. The van der Waals surface area contributed by atoms with E-state index in [1.165, 1.54) is 0 Å². The minimum atomic E-state index is -4.89. The van der Waals surface area contributed by atoms with Gasteiger partial charge in [-0.25, -0.2) is 0 Å². The lowest BCUT2D eigenvalue weighted by atomic mass is 10.3. The van der Waals surface area contributed by atoms with E-state index in [4.69, 9.17) is 4.55 Å². The molecule has 0 radical (unpaired) electrons. The molecule has 4 nitrogen and oxygen atoms in total. The molecule has 1 rings (SSSR count). The van der Waals surface area contributed by atoms with Gasteiger partial charge in [-0.2, -0.15) is 21.6 Å². The Morgan fingerprint density at radius 2 is 1.80 bits per heavy atom. The van der Waals surface area contributed by atoms with Crippen LogP contribution in [-0.2, 0) is 16.3 Å². The third-order valence-electron chi connectivity index (χ3n) is 1.44. The minimum absolute atomic E-state index is 0.0503. The second-order valence-electron chi connectivity index (χ2n) is 2.58. The topological polar surface area (TPSA) is 58.3 Å². The Morgan fingerprint density at radius 1 is 1.27 bits per heavy atom. The van der Waals surface area contributed by atoms with E-state index in [9.17, 15) is 26.1 Å². The lowest BCUT2D eigenvalue weighted by Crippen LogP contribution is -2.26.